The van der Waals surface area contributed by atoms with Crippen molar-refractivity contribution in [2.24, 2.45) is 5.41 Å². The molecule has 0 amide bonds. The molecular weight excluding hydrogens is 223 g/mol. The number of thioether (sulfide) groups is 1. The van der Waals surface area contributed by atoms with Crippen LogP contribution in [0.15, 0.2) is 0 Å². The van der Waals surface area contributed by atoms with Crippen molar-refractivity contribution >= 4 is 11.8 Å². The van der Waals surface area contributed by atoms with Crippen molar-refractivity contribution in [2.45, 2.75) is 38.6 Å². The fourth-order valence-electron chi connectivity index (χ4n) is 1.70. The topological polar surface area (TPSA) is 12.0 Å². The van der Waals surface area contributed by atoms with Crippen molar-refractivity contribution in [3.8, 4) is 0 Å². The lowest BCUT2D eigenvalue weighted by Crippen LogP contribution is -2.32. The van der Waals surface area contributed by atoms with Crippen molar-refractivity contribution in [3.05, 3.63) is 0 Å². The molecule has 1 N–H and O–H groups in total. The predicted molar refractivity (Wildman–Crippen MR) is 60.1 cm³/mol. The van der Waals surface area contributed by atoms with E-state index in [-0.39, 0.29) is 22.9 Å². The van der Waals surface area contributed by atoms with Crippen LogP contribution in [-0.2, 0) is 0 Å². The van der Waals surface area contributed by atoms with E-state index in [1.807, 2.05) is 20.9 Å². The largest absolute Gasteiger partial charge is 0.441 e. The normalized spacial score (nSPS) is 13.2. The predicted octanol–water partition coefficient (Wildman–Crippen LogP) is 3.66. The third kappa shape index (κ3) is 6.30. The van der Waals surface area contributed by atoms with Crippen LogP contribution in [0.5, 0.6) is 0 Å². The van der Waals surface area contributed by atoms with Gasteiger partial charge in [0.15, 0.2) is 0 Å². The van der Waals surface area contributed by atoms with Crippen LogP contribution in [0.25, 0.3) is 0 Å². The van der Waals surface area contributed by atoms with E-state index >= 15 is 0 Å². The highest BCUT2D eigenvalue weighted by Gasteiger charge is 2.31. The summed E-state index contributed by atoms with van der Waals surface area (Å²) in [5.74, 6) is 0.160. The van der Waals surface area contributed by atoms with Gasteiger partial charge in [0.25, 0.3) is 0 Å². The van der Waals surface area contributed by atoms with E-state index in [0.29, 0.717) is 6.42 Å². The molecule has 92 valence electrons. The summed E-state index contributed by atoms with van der Waals surface area (Å²) in [5, 5.41) is 3.07. The molecule has 0 spiro atoms. The molecule has 0 bridgehead atoms. The summed E-state index contributed by atoms with van der Waals surface area (Å²) in [5.41, 5.74) is -4.07. The van der Waals surface area contributed by atoms with Gasteiger partial charge in [0.05, 0.1) is 0 Å². The molecule has 0 aliphatic heterocycles. The first-order valence-electron chi connectivity index (χ1n) is 5.24. The highest BCUT2D eigenvalue weighted by atomic mass is 32.2. The Kier molecular flexibility index (Phi) is 6.68. The minimum absolute atomic E-state index is 0.0208. The molecule has 0 saturated heterocycles. The maximum absolute atomic E-state index is 12.0. The molecule has 0 saturated carbocycles. The van der Waals surface area contributed by atoms with E-state index in [4.69, 9.17) is 0 Å². The minimum Gasteiger partial charge on any atom is -0.319 e. The Bertz CT molecular complexity index is 167. The van der Waals surface area contributed by atoms with E-state index in [2.05, 4.69) is 5.32 Å². The third-order valence-corrected chi connectivity index (χ3v) is 3.69. The fourth-order valence-corrected chi connectivity index (χ4v) is 2.47. The SMILES string of the molecule is CCC(CC)(CCSC(F)(F)F)CNC. The van der Waals surface area contributed by atoms with Crippen LogP contribution < -0.4 is 5.32 Å². The number of nitrogens with one attached hydrogen (secondary N) is 1. The molecule has 5 heteroatoms. The van der Waals surface area contributed by atoms with Gasteiger partial charge in [-0.05, 0) is 31.7 Å². The zero-order valence-corrected chi connectivity index (χ0v) is 10.4. The van der Waals surface area contributed by atoms with Gasteiger partial charge in [-0.25, -0.2) is 0 Å². The second-order valence-corrected chi connectivity index (χ2v) is 4.94. The van der Waals surface area contributed by atoms with Gasteiger partial charge < -0.3 is 5.32 Å². The maximum Gasteiger partial charge on any atom is 0.441 e. The molecule has 1 nitrogen and oxygen atoms in total. The number of halogens is 3. The van der Waals surface area contributed by atoms with Gasteiger partial charge in [0.1, 0.15) is 0 Å². The Morgan fingerprint density at radius 2 is 1.67 bits per heavy atom. The standard InChI is InChI=1S/C10H20F3NS/c1-4-9(5-2,8-14-3)6-7-15-10(11,12)13/h14H,4-8H2,1-3H3. The molecule has 0 fully saturated rings. The summed E-state index contributed by atoms with van der Waals surface area (Å²) in [6, 6.07) is 0. The van der Waals surface area contributed by atoms with Crippen LogP contribution in [0.2, 0.25) is 0 Å². The molecular formula is C10H20F3NS. The Morgan fingerprint density at radius 3 is 2.00 bits per heavy atom. The molecule has 0 aliphatic rings. The molecule has 0 rings (SSSR count). The zero-order valence-electron chi connectivity index (χ0n) is 9.58. The third-order valence-electron chi connectivity index (χ3n) is 2.95. The van der Waals surface area contributed by atoms with Crippen LogP contribution in [0.1, 0.15) is 33.1 Å². The molecule has 0 atom stereocenters. The van der Waals surface area contributed by atoms with Crippen LogP contribution in [0.4, 0.5) is 13.2 Å². The second-order valence-electron chi connectivity index (χ2n) is 3.78. The molecule has 0 aliphatic carbocycles. The minimum atomic E-state index is -4.09. The van der Waals surface area contributed by atoms with Crippen LogP contribution in [0.3, 0.4) is 0 Å². The Labute approximate surface area is 94.2 Å². The smallest absolute Gasteiger partial charge is 0.319 e. The first-order chi connectivity index (χ1) is 6.89. The number of hydrogen-bond acceptors (Lipinski definition) is 2. The molecule has 0 unspecified atom stereocenters. The van der Waals surface area contributed by atoms with Gasteiger partial charge in [-0.1, -0.05) is 25.6 Å². The van der Waals surface area contributed by atoms with E-state index in [0.717, 1.165) is 19.4 Å². The van der Waals surface area contributed by atoms with Gasteiger partial charge >= 0.3 is 5.51 Å². The van der Waals surface area contributed by atoms with Crippen molar-refractivity contribution < 1.29 is 13.2 Å². The molecule has 0 radical (unpaired) electrons. The zero-order chi connectivity index (χ0) is 11.9. The quantitative estimate of drug-likeness (QED) is 0.732. The lowest BCUT2D eigenvalue weighted by molar-refractivity contribution is -0.0329. The van der Waals surface area contributed by atoms with E-state index < -0.39 is 5.51 Å². The summed E-state index contributed by atoms with van der Waals surface area (Å²) in [6.07, 6.45) is 2.45. The van der Waals surface area contributed by atoms with E-state index in [9.17, 15) is 13.2 Å². The lowest BCUT2D eigenvalue weighted by Gasteiger charge is -2.31. The van der Waals surface area contributed by atoms with Gasteiger partial charge in [-0.15, -0.1) is 0 Å². The highest BCUT2D eigenvalue weighted by Crippen LogP contribution is 2.36. The Morgan fingerprint density at radius 1 is 1.13 bits per heavy atom. The van der Waals surface area contributed by atoms with E-state index in [1.165, 1.54) is 0 Å². The van der Waals surface area contributed by atoms with Crippen molar-refractivity contribution in [1.29, 1.82) is 0 Å². The second kappa shape index (κ2) is 6.63. The summed E-state index contributed by atoms with van der Waals surface area (Å²) < 4.78 is 35.9. The monoisotopic (exact) mass is 243 g/mol. The lowest BCUT2D eigenvalue weighted by atomic mass is 9.80. The molecule has 15 heavy (non-hydrogen) atoms. The van der Waals surface area contributed by atoms with Crippen LogP contribution in [-0.4, -0.2) is 24.9 Å². The fraction of sp³-hybridized carbons (Fsp3) is 1.00. The number of alkyl halides is 3. The first kappa shape index (κ1) is 15.1. The van der Waals surface area contributed by atoms with Gasteiger partial charge in [-0.3, -0.25) is 0 Å². The Balaban J connectivity index is 4.06. The first-order valence-corrected chi connectivity index (χ1v) is 6.23. The van der Waals surface area contributed by atoms with E-state index in [1.54, 1.807) is 0 Å². The Hall–Kier alpha value is 0.1000. The van der Waals surface area contributed by atoms with Gasteiger partial charge in [0, 0.05) is 12.3 Å². The maximum atomic E-state index is 12.0. The van der Waals surface area contributed by atoms with Crippen molar-refractivity contribution in [3.63, 3.8) is 0 Å². The number of hydrogen-bond donors (Lipinski definition) is 1. The number of rotatable bonds is 7. The molecule has 0 aromatic carbocycles. The highest BCUT2D eigenvalue weighted by molar-refractivity contribution is 8.00. The summed E-state index contributed by atoms with van der Waals surface area (Å²) >= 11 is 0.0893. The van der Waals surface area contributed by atoms with Crippen LogP contribution >= 0.6 is 11.8 Å². The van der Waals surface area contributed by atoms with Gasteiger partial charge in [0.2, 0.25) is 0 Å². The molecule has 0 aromatic rings. The average Bonchev–Trinajstić information content (AvgIpc) is 2.14. The molecule has 0 heterocycles. The summed E-state index contributed by atoms with van der Waals surface area (Å²) in [7, 11) is 1.84. The molecule has 0 aromatic heterocycles. The average molecular weight is 243 g/mol. The van der Waals surface area contributed by atoms with Crippen molar-refractivity contribution in [1.82, 2.24) is 5.32 Å². The summed E-state index contributed by atoms with van der Waals surface area (Å²) in [4.78, 5) is 0. The van der Waals surface area contributed by atoms with Crippen LogP contribution in [0, 0.1) is 5.41 Å². The van der Waals surface area contributed by atoms with Crippen molar-refractivity contribution in [2.75, 3.05) is 19.3 Å². The van der Waals surface area contributed by atoms with Gasteiger partial charge in [-0.2, -0.15) is 13.2 Å². The summed E-state index contributed by atoms with van der Waals surface area (Å²) in [6.45, 7) is 4.87.